The number of aryl methyl sites for hydroxylation is 1. The molecule has 1 N–H and O–H groups in total. The van der Waals surface area contributed by atoms with Gasteiger partial charge in [-0.25, -0.2) is 0 Å². The van der Waals surface area contributed by atoms with Crippen LogP contribution in [0.15, 0.2) is 42.5 Å². The maximum atomic E-state index is 12.3. The Bertz CT molecular complexity index is 718. The van der Waals surface area contributed by atoms with Gasteiger partial charge in [0.15, 0.2) is 0 Å². The fourth-order valence-electron chi connectivity index (χ4n) is 2.56. The van der Waals surface area contributed by atoms with E-state index < -0.39 is 0 Å². The first-order chi connectivity index (χ1) is 12.0. The molecule has 2 aromatic carbocycles. The van der Waals surface area contributed by atoms with Crippen molar-refractivity contribution in [3.63, 3.8) is 0 Å². The summed E-state index contributed by atoms with van der Waals surface area (Å²) in [7, 11) is 3.24. The SMILES string of the molecule is COc1ccc(OC)c(C(C)NC(=O)CSCc2ccccc2C)c1. The van der Waals surface area contributed by atoms with Crippen LogP contribution in [0.2, 0.25) is 0 Å². The lowest BCUT2D eigenvalue weighted by atomic mass is 10.1. The molecule has 4 nitrogen and oxygen atoms in total. The van der Waals surface area contributed by atoms with E-state index in [1.807, 2.05) is 37.3 Å². The number of thioether (sulfide) groups is 1. The molecule has 0 radical (unpaired) electrons. The molecule has 0 bridgehead atoms. The molecule has 25 heavy (non-hydrogen) atoms. The minimum atomic E-state index is -0.156. The number of hydrogen-bond donors (Lipinski definition) is 1. The highest BCUT2D eigenvalue weighted by atomic mass is 32.2. The summed E-state index contributed by atoms with van der Waals surface area (Å²) in [4.78, 5) is 12.3. The van der Waals surface area contributed by atoms with Gasteiger partial charge in [-0.2, -0.15) is 0 Å². The predicted octanol–water partition coefficient (Wildman–Crippen LogP) is 4.12. The van der Waals surface area contributed by atoms with Crippen LogP contribution in [0, 0.1) is 6.92 Å². The molecule has 134 valence electrons. The lowest BCUT2D eigenvalue weighted by molar-refractivity contribution is -0.119. The minimum absolute atomic E-state index is 0.0101. The number of ether oxygens (including phenoxy) is 2. The maximum absolute atomic E-state index is 12.3. The quantitative estimate of drug-likeness (QED) is 0.770. The minimum Gasteiger partial charge on any atom is -0.497 e. The molecule has 2 rings (SSSR count). The van der Waals surface area contributed by atoms with Gasteiger partial charge in [0, 0.05) is 11.3 Å². The number of hydrogen-bond acceptors (Lipinski definition) is 4. The van der Waals surface area contributed by atoms with Gasteiger partial charge in [0.2, 0.25) is 5.91 Å². The Hall–Kier alpha value is -2.14. The summed E-state index contributed by atoms with van der Waals surface area (Å²) in [5.41, 5.74) is 3.42. The molecule has 0 saturated carbocycles. The van der Waals surface area contributed by atoms with Crippen molar-refractivity contribution in [2.45, 2.75) is 25.6 Å². The van der Waals surface area contributed by atoms with E-state index in [4.69, 9.17) is 9.47 Å². The summed E-state index contributed by atoms with van der Waals surface area (Å²) < 4.78 is 10.6. The average Bonchev–Trinajstić information content (AvgIpc) is 2.62. The van der Waals surface area contributed by atoms with Crippen LogP contribution in [0.5, 0.6) is 11.5 Å². The molecule has 0 saturated heterocycles. The Morgan fingerprint density at radius 3 is 2.60 bits per heavy atom. The van der Waals surface area contributed by atoms with Crippen LogP contribution in [0.1, 0.15) is 29.7 Å². The normalized spacial score (nSPS) is 11.7. The number of carbonyl (C=O) groups excluding carboxylic acids is 1. The molecule has 0 spiro atoms. The van der Waals surface area contributed by atoms with Gasteiger partial charge in [-0.15, -0.1) is 11.8 Å². The lowest BCUT2D eigenvalue weighted by Gasteiger charge is -2.18. The molecular weight excluding hydrogens is 334 g/mol. The first-order valence-electron chi connectivity index (χ1n) is 8.18. The highest BCUT2D eigenvalue weighted by Crippen LogP contribution is 2.29. The maximum Gasteiger partial charge on any atom is 0.230 e. The second kappa shape index (κ2) is 9.37. The Balaban J connectivity index is 1.91. The monoisotopic (exact) mass is 359 g/mol. The number of amides is 1. The van der Waals surface area contributed by atoms with E-state index >= 15 is 0 Å². The third-order valence-electron chi connectivity index (χ3n) is 4.03. The van der Waals surface area contributed by atoms with Gasteiger partial charge in [-0.05, 0) is 43.2 Å². The van der Waals surface area contributed by atoms with Gasteiger partial charge in [-0.3, -0.25) is 4.79 Å². The standard InChI is InChI=1S/C20H25NO3S/c1-14-7-5-6-8-16(14)12-25-13-20(22)21-15(2)18-11-17(23-3)9-10-19(18)24-4/h5-11,15H,12-13H2,1-4H3,(H,21,22). The lowest BCUT2D eigenvalue weighted by Crippen LogP contribution is -2.28. The first kappa shape index (κ1) is 19.2. The second-order valence-electron chi connectivity index (χ2n) is 5.82. The van der Waals surface area contributed by atoms with E-state index in [1.165, 1.54) is 11.1 Å². The molecule has 5 heteroatoms. The van der Waals surface area contributed by atoms with Gasteiger partial charge in [0.1, 0.15) is 11.5 Å². The number of carbonyl (C=O) groups is 1. The van der Waals surface area contributed by atoms with Crippen molar-refractivity contribution in [2.24, 2.45) is 0 Å². The molecule has 0 aromatic heterocycles. The molecule has 0 aliphatic carbocycles. The van der Waals surface area contributed by atoms with Gasteiger partial charge in [0.25, 0.3) is 0 Å². The zero-order valence-electron chi connectivity index (χ0n) is 15.2. The molecule has 2 aromatic rings. The molecule has 0 aliphatic rings. The van der Waals surface area contributed by atoms with E-state index in [0.717, 1.165) is 22.8 Å². The van der Waals surface area contributed by atoms with Crippen molar-refractivity contribution in [3.8, 4) is 11.5 Å². The van der Waals surface area contributed by atoms with Gasteiger partial charge in [0.05, 0.1) is 26.0 Å². The largest absolute Gasteiger partial charge is 0.497 e. The summed E-state index contributed by atoms with van der Waals surface area (Å²) in [6, 6.07) is 13.7. The highest BCUT2D eigenvalue weighted by molar-refractivity contribution is 7.99. The fraction of sp³-hybridized carbons (Fsp3) is 0.350. The van der Waals surface area contributed by atoms with Crippen LogP contribution in [-0.4, -0.2) is 25.9 Å². The third kappa shape index (κ3) is 5.43. The molecular formula is C20H25NO3S. The predicted molar refractivity (Wildman–Crippen MR) is 103 cm³/mol. The van der Waals surface area contributed by atoms with E-state index in [-0.39, 0.29) is 11.9 Å². The smallest absolute Gasteiger partial charge is 0.230 e. The average molecular weight is 359 g/mol. The Labute approximate surface area is 153 Å². The van der Waals surface area contributed by atoms with E-state index in [0.29, 0.717) is 5.75 Å². The summed E-state index contributed by atoms with van der Waals surface area (Å²) in [6.07, 6.45) is 0. The Morgan fingerprint density at radius 1 is 1.16 bits per heavy atom. The van der Waals surface area contributed by atoms with Crippen molar-refractivity contribution >= 4 is 17.7 Å². The van der Waals surface area contributed by atoms with Crippen LogP contribution < -0.4 is 14.8 Å². The van der Waals surface area contributed by atoms with Gasteiger partial charge in [-0.1, -0.05) is 24.3 Å². The summed E-state index contributed by atoms with van der Waals surface area (Å²) in [5, 5.41) is 3.03. The summed E-state index contributed by atoms with van der Waals surface area (Å²) in [5.74, 6) is 2.74. The summed E-state index contributed by atoms with van der Waals surface area (Å²) >= 11 is 1.62. The van der Waals surface area contributed by atoms with E-state index in [1.54, 1.807) is 26.0 Å². The molecule has 0 fully saturated rings. The van der Waals surface area contributed by atoms with Crippen molar-refractivity contribution < 1.29 is 14.3 Å². The van der Waals surface area contributed by atoms with Crippen molar-refractivity contribution in [3.05, 3.63) is 59.2 Å². The summed E-state index contributed by atoms with van der Waals surface area (Å²) in [6.45, 7) is 4.04. The van der Waals surface area contributed by atoms with E-state index in [2.05, 4.69) is 24.4 Å². The second-order valence-corrected chi connectivity index (χ2v) is 6.80. The van der Waals surface area contributed by atoms with Crippen LogP contribution in [-0.2, 0) is 10.5 Å². The molecule has 1 atom stereocenters. The molecule has 0 aliphatic heterocycles. The number of benzene rings is 2. The zero-order valence-corrected chi connectivity index (χ0v) is 16.0. The number of methoxy groups -OCH3 is 2. The Morgan fingerprint density at radius 2 is 1.92 bits per heavy atom. The fourth-order valence-corrected chi connectivity index (χ4v) is 3.48. The first-order valence-corrected chi connectivity index (χ1v) is 9.34. The van der Waals surface area contributed by atoms with Crippen molar-refractivity contribution in [1.82, 2.24) is 5.32 Å². The third-order valence-corrected chi connectivity index (χ3v) is 5.01. The van der Waals surface area contributed by atoms with Crippen molar-refractivity contribution in [2.75, 3.05) is 20.0 Å². The van der Waals surface area contributed by atoms with Gasteiger partial charge >= 0.3 is 0 Å². The highest BCUT2D eigenvalue weighted by Gasteiger charge is 2.15. The van der Waals surface area contributed by atoms with Crippen molar-refractivity contribution in [1.29, 1.82) is 0 Å². The van der Waals surface area contributed by atoms with Crippen LogP contribution in [0.3, 0.4) is 0 Å². The van der Waals surface area contributed by atoms with Crippen LogP contribution in [0.4, 0.5) is 0 Å². The topological polar surface area (TPSA) is 47.6 Å². The number of nitrogens with one attached hydrogen (secondary N) is 1. The molecule has 1 amide bonds. The Kier molecular flexibility index (Phi) is 7.19. The van der Waals surface area contributed by atoms with Crippen LogP contribution in [0.25, 0.3) is 0 Å². The van der Waals surface area contributed by atoms with Gasteiger partial charge < -0.3 is 14.8 Å². The number of rotatable bonds is 8. The molecule has 0 heterocycles. The van der Waals surface area contributed by atoms with E-state index in [9.17, 15) is 4.79 Å². The molecule has 1 unspecified atom stereocenters. The zero-order chi connectivity index (χ0) is 18.2. The van der Waals surface area contributed by atoms with Crippen LogP contribution >= 0.6 is 11.8 Å².